The summed E-state index contributed by atoms with van der Waals surface area (Å²) >= 11 is 0. The van der Waals surface area contributed by atoms with Crippen molar-refractivity contribution in [2.24, 2.45) is 0 Å². The van der Waals surface area contributed by atoms with Crippen LogP contribution in [0.3, 0.4) is 0 Å². The van der Waals surface area contributed by atoms with E-state index in [9.17, 15) is 0 Å². The van der Waals surface area contributed by atoms with Crippen LogP contribution in [0.15, 0.2) is 103 Å². The van der Waals surface area contributed by atoms with Gasteiger partial charge in [0, 0.05) is 27.0 Å². The van der Waals surface area contributed by atoms with Crippen molar-refractivity contribution in [2.75, 3.05) is 0 Å². The normalized spacial score (nSPS) is 14.4. The SMILES string of the molecule is CC1(C)c2ccccc2-c2ccc(-c3ccc4c(c3)c3cccc5c6ccccc6n4c53)cc21. The summed E-state index contributed by atoms with van der Waals surface area (Å²) in [6.45, 7) is 4.70. The van der Waals surface area contributed by atoms with E-state index in [2.05, 4.69) is 121 Å². The number of rotatable bonds is 1. The first kappa shape index (κ1) is 18.3. The van der Waals surface area contributed by atoms with Crippen LogP contribution < -0.4 is 0 Å². The van der Waals surface area contributed by atoms with Crippen molar-refractivity contribution >= 4 is 38.1 Å². The Morgan fingerprint density at radius 2 is 1.15 bits per heavy atom. The second kappa shape index (κ2) is 6.07. The highest BCUT2D eigenvalue weighted by molar-refractivity contribution is 6.23. The predicted molar refractivity (Wildman–Crippen MR) is 144 cm³/mol. The first-order valence-corrected chi connectivity index (χ1v) is 12.0. The highest BCUT2D eigenvalue weighted by Crippen LogP contribution is 2.49. The molecule has 2 aromatic heterocycles. The maximum Gasteiger partial charge on any atom is 0.0620 e. The van der Waals surface area contributed by atoms with E-state index < -0.39 is 0 Å². The van der Waals surface area contributed by atoms with Gasteiger partial charge in [0.25, 0.3) is 0 Å². The lowest BCUT2D eigenvalue weighted by Crippen LogP contribution is -2.14. The fourth-order valence-corrected chi connectivity index (χ4v) is 6.50. The van der Waals surface area contributed by atoms with Gasteiger partial charge < -0.3 is 4.40 Å². The first-order chi connectivity index (χ1) is 16.6. The number of hydrogen-bond donors (Lipinski definition) is 0. The minimum atomic E-state index is 0.0154. The molecule has 34 heavy (non-hydrogen) atoms. The van der Waals surface area contributed by atoms with Gasteiger partial charge in [-0.05, 0) is 57.6 Å². The summed E-state index contributed by atoms with van der Waals surface area (Å²) < 4.78 is 2.45. The summed E-state index contributed by atoms with van der Waals surface area (Å²) in [7, 11) is 0. The first-order valence-electron chi connectivity index (χ1n) is 12.0. The van der Waals surface area contributed by atoms with Crippen LogP contribution in [0, 0.1) is 0 Å². The van der Waals surface area contributed by atoms with Crippen LogP contribution in [0.4, 0.5) is 0 Å². The van der Waals surface area contributed by atoms with Gasteiger partial charge in [-0.25, -0.2) is 0 Å². The van der Waals surface area contributed by atoms with Crippen molar-refractivity contribution in [3.63, 3.8) is 0 Å². The monoisotopic (exact) mass is 433 g/mol. The molecule has 0 unspecified atom stereocenters. The second-order valence-corrected chi connectivity index (χ2v) is 10.2. The fourth-order valence-electron chi connectivity index (χ4n) is 6.50. The number of benzene rings is 5. The highest BCUT2D eigenvalue weighted by atomic mass is 14.9. The standard InChI is InChI=1S/C33H23N/c1-33(2)28-12-5-3-8-22(28)23-16-14-21(19-29(23)33)20-15-17-31-27(18-20)26-11-7-10-25-24-9-4-6-13-30(24)34(31)32(25)26/h3-19H,1-2H3. The van der Waals surface area contributed by atoms with Gasteiger partial charge >= 0.3 is 0 Å². The third kappa shape index (κ3) is 2.11. The van der Waals surface area contributed by atoms with Gasteiger partial charge in [0.1, 0.15) is 0 Å². The van der Waals surface area contributed by atoms with Crippen molar-refractivity contribution in [1.29, 1.82) is 0 Å². The number of hydrogen-bond acceptors (Lipinski definition) is 0. The van der Waals surface area contributed by atoms with Gasteiger partial charge in [-0.2, -0.15) is 0 Å². The largest absolute Gasteiger partial charge is 0.308 e. The lowest BCUT2D eigenvalue weighted by Gasteiger charge is -2.22. The number of fused-ring (bicyclic) bond motifs is 9. The molecular weight excluding hydrogens is 410 g/mol. The van der Waals surface area contributed by atoms with Gasteiger partial charge in [-0.1, -0.05) is 92.7 Å². The molecule has 1 heteroatoms. The molecule has 8 rings (SSSR count). The zero-order valence-corrected chi connectivity index (χ0v) is 19.3. The molecule has 0 amide bonds. The van der Waals surface area contributed by atoms with Gasteiger partial charge in [0.15, 0.2) is 0 Å². The van der Waals surface area contributed by atoms with E-state index in [0.717, 1.165) is 0 Å². The Balaban J connectivity index is 1.38. The zero-order chi connectivity index (χ0) is 22.6. The average molecular weight is 434 g/mol. The van der Waals surface area contributed by atoms with E-state index in [4.69, 9.17) is 0 Å². The van der Waals surface area contributed by atoms with Crippen molar-refractivity contribution in [1.82, 2.24) is 4.40 Å². The summed E-state index contributed by atoms with van der Waals surface area (Å²) in [5.41, 5.74) is 12.1. The average Bonchev–Trinajstić information content (AvgIpc) is 3.47. The molecule has 1 nitrogen and oxygen atoms in total. The molecule has 0 spiro atoms. The van der Waals surface area contributed by atoms with E-state index in [1.165, 1.54) is 71.5 Å². The second-order valence-electron chi connectivity index (χ2n) is 10.2. The maximum absolute atomic E-state index is 2.45. The molecule has 0 saturated carbocycles. The molecule has 7 aromatic rings. The number of para-hydroxylation sites is 2. The number of nitrogens with zero attached hydrogens (tertiary/aromatic N) is 1. The van der Waals surface area contributed by atoms with Crippen LogP contribution >= 0.6 is 0 Å². The summed E-state index contributed by atoms with van der Waals surface area (Å²) in [4.78, 5) is 0. The van der Waals surface area contributed by atoms with E-state index in [1.54, 1.807) is 0 Å². The summed E-state index contributed by atoms with van der Waals surface area (Å²) in [5.74, 6) is 0. The third-order valence-corrected chi connectivity index (χ3v) is 8.14. The molecule has 0 saturated heterocycles. The van der Waals surface area contributed by atoms with E-state index in [0.29, 0.717) is 0 Å². The maximum atomic E-state index is 2.45. The molecule has 5 aromatic carbocycles. The lowest BCUT2D eigenvalue weighted by molar-refractivity contribution is 0.660. The van der Waals surface area contributed by atoms with Gasteiger partial charge in [0.2, 0.25) is 0 Å². The van der Waals surface area contributed by atoms with Crippen molar-refractivity contribution in [3.05, 3.63) is 114 Å². The molecule has 1 aliphatic carbocycles. The third-order valence-electron chi connectivity index (χ3n) is 8.14. The Hall–Kier alpha value is -4.10. The Labute approximate surface area is 198 Å². The fraction of sp³-hybridized carbons (Fsp3) is 0.0909. The van der Waals surface area contributed by atoms with Crippen LogP contribution in [0.5, 0.6) is 0 Å². The Morgan fingerprint density at radius 1 is 0.500 bits per heavy atom. The Morgan fingerprint density at radius 3 is 2.06 bits per heavy atom. The lowest BCUT2D eigenvalue weighted by atomic mass is 9.81. The van der Waals surface area contributed by atoms with Gasteiger partial charge in [-0.15, -0.1) is 0 Å². The van der Waals surface area contributed by atoms with Crippen LogP contribution in [-0.4, -0.2) is 4.40 Å². The molecule has 0 bridgehead atoms. The van der Waals surface area contributed by atoms with Gasteiger partial charge in [-0.3, -0.25) is 0 Å². The molecule has 1 aliphatic rings. The van der Waals surface area contributed by atoms with Crippen LogP contribution in [0.1, 0.15) is 25.0 Å². The van der Waals surface area contributed by atoms with Crippen molar-refractivity contribution < 1.29 is 0 Å². The predicted octanol–water partition coefficient (Wildman–Crippen LogP) is 8.81. The Bertz CT molecular complexity index is 1930. The minimum absolute atomic E-state index is 0.0154. The highest BCUT2D eigenvalue weighted by Gasteiger charge is 2.35. The quantitative estimate of drug-likeness (QED) is 0.244. The van der Waals surface area contributed by atoms with Crippen LogP contribution in [-0.2, 0) is 5.41 Å². The van der Waals surface area contributed by atoms with Crippen LogP contribution in [0.25, 0.3) is 60.3 Å². The summed E-state index contributed by atoms with van der Waals surface area (Å²) in [6, 6.07) is 38.4. The van der Waals surface area contributed by atoms with Gasteiger partial charge in [0.05, 0.1) is 16.6 Å². The molecule has 2 heterocycles. The Kier molecular flexibility index (Phi) is 3.27. The summed E-state index contributed by atoms with van der Waals surface area (Å²) in [6.07, 6.45) is 0. The van der Waals surface area contributed by atoms with E-state index in [-0.39, 0.29) is 5.41 Å². The molecule has 0 aliphatic heterocycles. The molecule has 160 valence electrons. The molecule has 0 atom stereocenters. The topological polar surface area (TPSA) is 4.41 Å². The molecule has 0 fully saturated rings. The zero-order valence-electron chi connectivity index (χ0n) is 19.3. The van der Waals surface area contributed by atoms with Crippen molar-refractivity contribution in [3.8, 4) is 22.3 Å². The number of aromatic nitrogens is 1. The molecular formula is C33H23N. The van der Waals surface area contributed by atoms with E-state index in [1.807, 2.05) is 0 Å². The summed E-state index contributed by atoms with van der Waals surface area (Å²) in [5, 5.41) is 5.32. The van der Waals surface area contributed by atoms with Crippen LogP contribution in [0.2, 0.25) is 0 Å². The molecule has 0 N–H and O–H groups in total. The van der Waals surface area contributed by atoms with E-state index >= 15 is 0 Å². The smallest absolute Gasteiger partial charge is 0.0620 e. The molecule has 0 radical (unpaired) electrons. The van der Waals surface area contributed by atoms with Crippen molar-refractivity contribution in [2.45, 2.75) is 19.3 Å². The minimum Gasteiger partial charge on any atom is -0.308 e.